The van der Waals surface area contributed by atoms with E-state index in [1.165, 1.54) is 9.21 Å². The van der Waals surface area contributed by atoms with E-state index in [1.807, 2.05) is 24.3 Å². The van der Waals surface area contributed by atoms with Gasteiger partial charge in [0.25, 0.3) is 0 Å². The highest BCUT2D eigenvalue weighted by Crippen LogP contribution is 2.43. The summed E-state index contributed by atoms with van der Waals surface area (Å²) in [5.41, 5.74) is 1.07. The lowest BCUT2D eigenvalue weighted by atomic mass is 9.86. The number of methoxy groups -OCH3 is 1. The lowest BCUT2D eigenvalue weighted by molar-refractivity contribution is -0.125. The molecule has 0 saturated carbocycles. The van der Waals surface area contributed by atoms with Gasteiger partial charge in [-0.2, -0.15) is 4.31 Å². The molecule has 2 heterocycles. The summed E-state index contributed by atoms with van der Waals surface area (Å²) in [6, 6.07) is 12.2. The maximum absolute atomic E-state index is 13.3. The number of rotatable bonds is 7. The molecule has 4 rings (SSSR count). The molecule has 35 heavy (non-hydrogen) atoms. The number of fused-ring (bicyclic) bond motifs is 1. The molecule has 1 saturated heterocycles. The van der Waals surface area contributed by atoms with Gasteiger partial charge in [0, 0.05) is 30.9 Å². The minimum atomic E-state index is -3.65. The van der Waals surface area contributed by atoms with Crippen molar-refractivity contribution in [1.29, 1.82) is 0 Å². The highest BCUT2D eigenvalue weighted by atomic mass is 32.2. The molecule has 1 N–H and O–H groups in total. The van der Waals surface area contributed by atoms with Crippen LogP contribution in [0.15, 0.2) is 47.4 Å². The predicted molar refractivity (Wildman–Crippen MR) is 134 cm³/mol. The number of amides is 2. The van der Waals surface area contributed by atoms with Crippen LogP contribution in [0, 0.1) is 5.92 Å². The monoisotopic (exact) mass is 499 g/mol. The molecular formula is C26H33N3O5S. The van der Waals surface area contributed by atoms with E-state index >= 15 is 0 Å². The Bertz CT molecular complexity index is 1230. The Kier molecular flexibility index (Phi) is 6.92. The maximum Gasteiger partial charge on any atom is 0.243 e. The van der Waals surface area contributed by atoms with Crippen molar-refractivity contribution in [3.8, 4) is 5.75 Å². The molecule has 0 bridgehead atoms. The lowest BCUT2D eigenvalue weighted by Gasteiger charge is -2.29. The molecule has 0 spiro atoms. The van der Waals surface area contributed by atoms with Crippen molar-refractivity contribution in [2.45, 2.75) is 50.5 Å². The zero-order valence-corrected chi connectivity index (χ0v) is 21.5. The second-order valence-electron chi connectivity index (χ2n) is 9.87. The summed E-state index contributed by atoms with van der Waals surface area (Å²) in [6.07, 6.45) is 1.68. The first-order valence-corrected chi connectivity index (χ1v) is 13.3. The van der Waals surface area contributed by atoms with E-state index < -0.39 is 15.4 Å². The number of hydrogen-bond acceptors (Lipinski definition) is 5. The summed E-state index contributed by atoms with van der Waals surface area (Å²) in [5.74, 6) is 0.641. The van der Waals surface area contributed by atoms with Gasteiger partial charge in [0.05, 0.1) is 17.4 Å². The van der Waals surface area contributed by atoms with Crippen molar-refractivity contribution in [2.75, 3.05) is 31.6 Å². The molecular weight excluding hydrogens is 466 g/mol. The normalized spacial score (nSPS) is 18.4. The number of benzene rings is 2. The number of nitrogens with one attached hydrogen (secondary N) is 1. The maximum atomic E-state index is 13.3. The molecule has 0 aliphatic carbocycles. The van der Waals surface area contributed by atoms with Crippen LogP contribution in [0.4, 0.5) is 5.69 Å². The van der Waals surface area contributed by atoms with E-state index in [9.17, 15) is 18.0 Å². The van der Waals surface area contributed by atoms with Gasteiger partial charge >= 0.3 is 0 Å². The third-order valence-corrected chi connectivity index (χ3v) is 8.96. The van der Waals surface area contributed by atoms with E-state index in [0.29, 0.717) is 36.0 Å². The van der Waals surface area contributed by atoms with Crippen LogP contribution in [0.2, 0.25) is 0 Å². The number of nitrogens with zero attached hydrogens (tertiary/aromatic N) is 2. The molecule has 2 aliphatic heterocycles. The molecule has 0 atom stereocenters. The van der Waals surface area contributed by atoms with Gasteiger partial charge in [-0.1, -0.05) is 25.1 Å². The fourth-order valence-corrected chi connectivity index (χ4v) is 6.24. The first kappa shape index (κ1) is 25.2. The molecule has 9 heteroatoms. The average molecular weight is 500 g/mol. The van der Waals surface area contributed by atoms with Crippen LogP contribution in [0.25, 0.3) is 0 Å². The number of piperidine rings is 1. The summed E-state index contributed by atoms with van der Waals surface area (Å²) >= 11 is 0. The second-order valence-corrected chi connectivity index (χ2v) is 11.8. The van der Waals surface area contributed by atoms with Gasteiger partial charge in [0.15, 0.2) is 0 Å². The van der Waals surface area contributed by atoms with Crippen molar-refractivity contribution in [1.82, 2.24) is 9.62 Å². The minimum absolute atomic E-state index is 0.152. The molecule has 2 aromatic rings. The summed E-state index contributed by atoms with van der Waals surface area (Å²) < 4.78 is 33.4. The first-order valence-electron chi connectivity index (χ1n) is 11.9. The Morgan fingerprint density at radius 2 is 1.83 bits per heavy atom. The summed E-state index contributed by atoms with van der Waals surface area (Å²) in [7, 11) is -2.08. The smallest absolute Gasteiger partial charge is 0.243 e. The Labute approximate surface area is 207 Å². The third kappa shape index (κ3) is 4.79. The highest BCUT2D eigenvalue weighted by Gasteiger charge is 2.45. The number of anilines is 1. The van der Waals surface area contributed by atoms with Crippen molar-refractivity contribution in [3.05, 3.63) is 53.6 Å². The zero-order chi connectivity index (χ0) is 25.4. The SMILES string of the molecule is COc1ccccc1CNC(=O)CN1C(=O)C(C)(C)c2cc(S(=O)(=O)N3CCC(C)CC3)ccc21. The fourth-order valence-electron chi connectivity index (χ4n) is 4.75. The van der Waals surface area contributed by atoms with Crippen molar-refractivity contribution >= 4 is 27.5 Å². The predicted octanol–water partition coefficient (Wildman–Crippen LogP) is 3.06. The minimum Gasteiger partial charge on any atom is -0.496 e. The molecule has 8 nitrogen and oxygen atoms in total. The molecule has 1 fully saturated rings. The van der Waals surface area contributed by atoms with E-state index in [2.05, 4.69) is 12.2 Å². The quantitative estimate of drug-likeness (QED) is 0.632. The van der Waals surface area contributed by atoms with Gasteiger partial charge in [-0.3, -0.25) is 9.59 Å². The van der Waals surface area contributed by atoms with Gasteiger partial charge in [-0.25, -0.2) is 8.42 Å². The number of hydrogen-bond donors (Lipinski definition) is 1. The summed E-state index contributed by atoms with van der Waals surface area (Å²) in [4.78, 5) is 27.6. The number of para-hydroxylation sites is 1. The number of ether oxygens (including phenoxy) is 1. The van der Waals surface area contributed by atoms with Gasteiger partial charge < -0.3 is 15.0 Å². The molecule has 0 aromatic heterocycles. The Hall–Kier alpha value is -2.91. The van der Waals surface area contributed by atoms with Gasteiger partial charge in [-0.15, -0.1) is 0 Å². The molecule has 2 aromatic carbocycles. The van der Waals surface area contributed by atoms with Crippen LogP contribution in [-0.4, -0.2) is 51.3 Å². The standard InChI is InChI=1S/C26H33N3O5S/c1-18-11-13-28(14-12-18)35(32,33)20-9-10-22-21(15-20)26(2,3)25(31)29(22)17-24(30)27-16-19-7-5-6-8-23(19)34-4/h5-10,15,18H,11-14,16-17H2,1-4H3,(H,27,30). The Morgan fingerprint density at radius 3 is 2.51 bits per heavy atom. The summed E-state index contributed by atoms with van der Waals surface area (Å²) in [6.45, 7) is 6.78. The van der Waals surface area contributed by atoms with Gasteiger partial charge in [-0.05, 0) is 62.4 Å². The number of carbonyl (C=O) groups excluding carboxylic acids is 2. The molecule has 0 unspecified atom stereocenters. The topological polar surface area (TPSA) is 96.0 Å². The fraction of sp³-hybridized carbons (Fsp3) is 0.462. The van der Waals surface area contributed by atoms with Crippen LogP contribution < -0.4 is 15.0 Å². The van der Waals surface area contributed by atoms with Crippen LogP contribution in [0.1, 0.15) is 44.7 Å². The summed E-state index contributed by atoms with van der Waals surface area (Å²) in [5, 5.41) is 2.85. The van der Waals surface area contributed by atoms with Crippen LogP contribution >= 0.6 is 0 Å². The Morgan fingerprint density at radius 1 is 1.14 bits per heavy atom. The molecule has 188 valence electrons. The molecule has 0 radical (unpaired) electrons. The van der Waals surface area contributed by atoms with E-state index in [1.54, 1.807) is 39.2 Å². The van der Waals surface area contributed by atoms with Crippen LogP contribution in [0.5, 0.6) is 5.75 Å². The lowest BCUT2D eigenvalue weighted by Crippen LogP contribution is -2.42. The number of sulfonamides is 1. The van der Waals surface area contributed by atoms with E-state index in [4.69, 9.17) is 4.74 Å². The van der Waals surface area contributed by atoms with Crippen molar-refractivity contribution < 1.29 is 22.7 Å². The van der Waals surface area contributed by atoms with Crippen LogP contribution in [0.3, 0.4) is 0 Å². The largest absolute Gasteiger partial charge is 0.496 e. The zero-order valence-electron chi connectivity index (χ0n) is 20.7. The van der Waals surface area contributed by atoms with Crippen molar-refractivity contribution in [3.63, 3.8) is 0 Å². The average Bonchev–Trinajstić information content (AvgIpc) is 3.03. The van der Waals surface area contributed by atoms with Crippen molar-refractivity contribution in [2.24, 2.45) is 5.92 Å². The van der Waals surface area contributed by atoms with Gasteiger partial charge in [0.1, 0.15) is 12.3 Å². The van der Waals surface area contributed by atoms with Crippen LogP contribution in [-0.2, 0) is 31.6 Å². The van der Waals surface area contributed by atoms with Gasteiger partial charge in [0.2, 0.25) is 21.8 Å². The molecule has 2 amide bonds. The highest BCUT2D eigenvalue weighted by molar-refractivity contribution is 7.89. The first-order chi connectivity index (χ1) is 16.6. The molecule has 2 aliphatic rings. The van der Waals surface area contributed by atoms with E-state index in [-0.39, 0.29) is 29.8 Å². The third-order valence-electron chi connectivity index (χ3n) is 7.06. The number of carbonyl (C=O) groups is 2. The second kappa shape index (κ2) is 9.62. The Balaban J connectivity index is 1.53. The van der Waals surface area contributed by atoms with E-state index in [0.717, 1.165) is 18.4 Å².